The third-order valence-corrected chi connectivity index (χ3v) is 5.30. The predicted molar refractivity (Wildman–Crippen MR) is 109 cm³/mol. The van der Waals surface area contributed by atoms with Gasteiger partial charge in [0.05, 0.1) is 10.5 Å². The molecule has 0 radical (unpaired) electrons. The molecule has 142 valence electrons. The number of hydrogen-bond donors (Lipinski definition) is 2. The van der Waals surface area contributed by atoms with Gasteiger partial charge < -0.3 is 11.1 Å². The maximum atomic E-state index is 12.7. The minimum absolute atomic E-state index is 0.0623. The lowest BCUT2D eigenvalue weighted by molar-refractivity contribution is -0.385. The summed E-state index contributed by atoms with van der Waals surface area (Å²) in [5.41, 5.74) is 7.94. The molecular weight excluding hydrogens is 378 g/mol. The van der Waals surface area contributed by atoms with E-state index < -0.39 is 16.7 Å². The Kier molecular flexibility index (Phi) is 5.23. The number of carbonyl (C=O) groups is 2. The second-order valence-electron chi connectivity index (χ2n) is 6.18. The van der Waals surface area contributed by atoms with Gasteiger partial charge in [-0.05, 0) is 31.5 Å². The first-order valence-corrected chi connectivity index (χ1v) is 9.16. The molecule has 0 atom stereocenters. The highest BCUT2D eigenvalue weighted by molar-refractivity contribution is 7.17. The minimum Gasteiger partial charge on any atom is -0.365 e. The molecule has 3 aromatic rings. The van der Waals surface area contributed by atoms with Crippen LogP contribution in [0.3, 0.4) is 0 Å². The van der Waals surface area contributed by atoms with Crippen molar-refractivity contribution < 1.29 is 14.5 Å². The molecule has 0 unspecified atom stereocenters. The number of thiophene rings is 1. The molecule has 0 aliphatic rings. The van der Waals surface area contributed by atoms with Gasteiger partial charge in [0.25, 0.3) is 17.5 Å². The fourth-order valence-corrected chi connectivity index (χ4v) is 4.07. The molecule has 7 nitrogen and oxygen atoms in total. The van der Waals surface area contributed by atoms with Crippen molar-refractivity contribution >= 4 is 33.8 Å². The Morgan fingerprint density at radius 2 is 1.79 bits per heavy atom. The maximum Gasteiger partial charge on any atom is 0.272 e. The van der Waals surface area contributed by atoms with E-state index >= 15 is 0 Å². The van der Waals surface area contributed by atoms with Gasteiger partial charge in [-0.3, -0.25) is 19.7 Å². The number of benzene rings is 2. The van der Waals surface area contributed by atoms with Gasteiger partial charge in [0, 0.05) is 27.6 Å². The van der Waals surface area contributed by atoms with E-state index in [-0.39, 0.29) is 16.8 Å². The smallest absolute Gasteiger partial charge is 0.272 e. The summed E-state index contributed by atoms with van der Waals surface area (Å²) in [6.45, 7) is 3.41. The molecule has 2 aromatic carbocycles. The molecule has 0 aliphatic carbocycles. The Morgan fingerprint density at radius 1 is 1.11 bits per heavy atom. The highest BCUT2D eigenvalue weighted by atomic mass is 32.1. The van der Waals surface area contributed by atoms with Gasteiger partial charge in [0.1, 0.15) is 5.00 Å². The number of nitro groups is 1. The fraction of sp³-hybridized carbons (Fsp3) is 0.100. The average Bonchev–Trinajstić information content (AvgIpc) is 2.98. The van der Waals surface area contributed by atoms with Crippen LogP contribution in [0.1, 0.15) is 31.2 Å². The molecule has 28 heavy (non-hydrogen) atoms. The van der Waals surface area contributed by atoms with Crippen LogP contribution >= 0.6 is 11.3 Å². The predicted octanol–water partition coefficient (Wildman–Crippen LogP) is 4.29. The van der Waals surface area contributed by atoms with Crippen LogP contribution in [-0.4, -0.2) is 16.7 Å². The topological polar surface area (TPSA) is 115 Å². The number of nitrogens with two attached hydrogens (primary N) is 1. The number of aryl methyl sites for hydroxylation is 2. The van der Waals surface area contributed by atoms with Gasteiger partial charge in [-0.25, -0.2) is 0 Å². The van der Waals surface area contributed by atoms with Crippen LogP contribution in [-0.2, 0) is 0 Å². The third-order valence-electron chi connectivity index (χ3n) is 4.28. The first-order chi connectivity index (χ1) is 13.3. The number of carbonyl (C=O) groups excluding carboxylic acids is 2. The van der Waals surface area contributed by atoms with Crippen LogP contribution in [0.2, 0.25) is 0 Å². The molecule has 2 amide bonds. The number of amides is 2. The highest BCUT2D eigenvalue weighted by Gasteiger charge is 2.23. The lowest BCUT2D eigenvalue weighted by Crippen LogP contribution is -2.17. The van der Waals surface area contributed by atoms with Crippen LogP contribution in [0.4, 0.5) is 10.7 Å². The normalized spacial score (nSPS) is 10.5. The van der Waals surface area contributed by atoms with Crippen molar-refractivity contribution in [3.8, 4) is 11.1 Å². The number of primary amides is 1. The molecule has 3 rings (SSSR count). The van der Waals surface area contributed by atoms with Crippen LogP contribution in [0, 0.1) is 24.0 Å². The maximum absolute atomic E-state index is 12.7. The molecule has 8 heteroatoms. The molecule has 1 heterocycles. The zero-order chi connectivity index (χ0) is 20.4. The zero-order valence-electron chi connectivity index (χ0n) is 15.2. The summed E-state index contributed by atoms with van der Waals surface area (Å²) >= 11 is 1.26. The van der Waals surface area contributed by atoms with E-state index in [0.717, 1.165) is 10.4 Å². The second kappa shape index (κ2) is 7.61. The number of anilines is 1. The van der Waals surface area contributed by atoms with Gasteiger partial charge in [-0.1, -0.05) is 30.3 Å². The molecule has 0 aliphatic heterocycles. The summed E-state index contributed by atoms with van der Waals surface area (Å²) in [5.74, 6) is -1.11. The van der Waals surface area contributed by atoms with Crippen molar-refractivity contribution in [2.45, 2.75) is 13.8 Å². The Morgan fingerprint density at radius 3 is 2.36 bits per heavy atom. The third kappa shape index (κ3) is 3.63. The quantitative estimate of drug-likeness (QED) is 0.495. The van der Waals surface area contributed by atoms with E-state index in [1.54, 1.807) is 6.92 Å². The number of rotatable bonds is 5. The molecule has 0 saturated carbocycles. The van der Waals surface area contributed by atoms with Crippen LogP contribution in [0.15, 0.2) is 48.5 Å². The van der Waals surface area contributed by atoms with Gasteiger partial charge in [-0.2, -0.15) is 0 Å². The van der Waals surface area contributed by atoms with Crippen molar-refractivity contribution in [1.29, 1.82) is 0 Å². The summed E-state index contributed by atoms with van der Waals surface area (Å²) in [4.78, 5) is 36.1. The van der Waals surface area contributed by atoms with Crippen molar-refractivity contribution in [2.24, 2.45) is 5.73 Å². The van der Waals surface area contributed by atoms with E-state index in [1.165, 1.54) is 29.5 Å². The van der Waals surface area contributed by atoms with Crippen molar-refractivity contribution in [3.63, 3.8) is 0 Å². The largest absolute Gasteiger partial charge is 0.365 e. The Hall–Kier alpha value is -3.52. The molecule has 0 fully saturated rings. The SMILES string of the molecule is Cc1cc(C(=O)Nc2sc(C)c(-c3ccccc3)c2C(N)=O)ccc1[N+](=O)[O-]. The monoisotopic (exact) mass is 395 g/mol. The van der Waals surface area contributed by atoms with Crippen molar-refractivity contribution in [1.82, 2.24) is 0 Å². The first-order valence-electron chi connectivity index (χ1n) is 8.34. The first kappa shape index (κ1) is 19.2. The van der Waals surface area contributed by atoms with Crippen molar-refractivity contribution in [3.05, 3.63) is 80.2 Å². The number of nitrogens with zero attached hydrogens (tertiary/aromatic N) is 1. The Balaban J connectivity index is 1.99. The van der Waals surface area contributed by atoms with Gasteiger partial charge in [0.15, 0.2) is 0 Å². The summed E-state index contributed by atoms with van der Waals surface area (Å²) < 4.78 is 0. The highest BCUT2D eigenvalue weighted by Crippen LogP contribution is 2.39. The molecule has 1 aromatic heterocycles. The van der Waals surface area contributed by atoms with Crippen LogP contribution in [0.5, 0.6) is 0 Å². The second-order valence-corrected chi connectivity index (χ2v) is 7.40. The number of hydrogen-bond acceptors (Lipinski definition) is 5. The van der Waals surface area contributed by atoms with Gasteiger partial charge in [0.2, 0.25) is 0 Å². The van der Waals surface area contributed by atoms with Crippen LogP contribution in [0.25, 0.3) is 11.1 Å². The molecular formula is C20H17N3O4S. The van der Waals surface area contributed by atoms with E-state index in [0.29, 0.717) is 16.1 Å². The lowest BCUT2D eigenvalue weighted by atomic mass is 10.0. The Bertz CT molecular complexity index is 1090. The van der Waals surface area contributed by atoms with E-state index in [2.05, 4.69) is 5.32 Å². The van der Waals surface area contributed by atoms with E-state index in [4.69, 9.17) is 5.73 Å². The van der Waals surface area contributed by atoms with E-state index in [9.17, 15) is 19.7 Å². The minimum atomic E-state index is -0.640. The summed E-state index contributed by atoms with van der Waals surface area (Å²) in [7, 11) is 0. The average molecular weight is 395 g/mol. The number of nitrogens with one attached hydrogen (secondary N) is 1. The number of nitro benzene ring substituents is 1. The molecule has 0 spiro atoms. The lowest BCUT2D eigenvalue weighted by Gasteiger charge is -2.07. The Labute approximate surface area is 165 Å². The summed E-state index contributed by atoms with van der Waals surface area (Å²) in [6, 6.07) is 13.4. The zero-order valence-corrected chi connectivity index (χ0v) is 16.0. The van der Waals surface area contributed by atoms with Crippen molar-refractivity contribution in [2.75, 3.05) is 5.32 Å². The van der Waals surface area contributed by atoms with E-state index in [1.807, 2.05) is 37.3 Å². The van der Waals surface area contributed by atoms with Gasteiger partial charge >= 0.3 is 0 Å². The summed E-state index contributed by atoms with van der Waals surface area (Å²) in [5, 5.41) is 14.0. The van der Waals surface area contributed by atoms with Gasteiger partial charge in [-0.15, -0.1) is 11.3 Å². The molecule has 0 bridgehead atoms. The standard InChI is InChI=1S/C20H17N3O4S/c1-11-10-14(8-9-15(11)23(26)27)19(25)22-20-17(18(21)24)16(12(2)28-20)13-6-4-3-5-7-13/h3-10H,1-2H3,(H2,21,24)(H,22,25). The van der Waals surface area contributed by atoms with Crippen LogP contribution < -0.4 is 11.1 Å². The molecule has 0 saturated heterocycles. The fourth-order valence-electron chi connectivity index (χ4n) is 3.00. The summed E-state index contributed by atoms with van der Waals surface area (Å²) in [6.07, 6.45) is 0. The molecule has 3 N–H and O–H groups in total.